The highest BCUT2D eigenvalue weighted by atomic mass is 16.5. The molecule has 2 aliphatic rings. The summed E-state index contributed by atoms with van der Waals surface area (Å²) >= 11 is 0. The van der Waals surface area contributed by atoms with Crippen molar-refractivity contribution in [3.63, 3.8) is 0 Å². The lowest BCUT2D eigenvalue weighted by Gasteiger charge is -2.26. The van der Waals surface area contributed by atoms with Crippen LogP contribution in [0.1, 0.15) is 46.8 Å². The molecule has 2 aromatic carbocycles. The van der Waals surface area contributed by atoms with E-state index in [9.17, 15) is 9.59 Å². The number of hydrogen-bond acceptors (Lipinski definition) is 3. The molecule has 1 fully saturated rings. The van der Waals surface area contributed by atoms with Crippen LogP contribution in [0, 0.1) is 0 Å². The number of rotatable bonds is 4. The van der Waals surface area contributed by atoms with E-state index in [0.717, 1.165) is 36.3 Å². The van der Waals surface area contributed by atoms with Crippen LogP contribution in [0.3, 0.4) is 0 Å². The van der Waals surface area contributed by atoms with Crippen molar-refractivity contribution >= 4 is 11.8 Å². The van der Waals surface area contributed by atoms with Crippen LogP contribution in [0.2, 0.25) is 0 Å². The number of nitrogens with one attached hydrogen (secondary N) is 1. The van der Waals surface area contributed by atoms with Crippen molar-refractivity contribution in [3.05, 3.63) is 65.2 Å². The zero-order valence-corrected chi connectivity index (χ0v) is 14.6. The maximum atomic E-state index is 12.6. The van der Waals surface area contributed by atoms with Gasteiger partial charge in [0, 0.05) is 37.1 Å². The molecular formula is C21H22N2O3. The molecule has 2 amide bonds. The van der Waals surface area contributed by atoms with Crippen molar-refractivity contribution in [1.29, 1.82) is 0 Å². The van der Waals surface area contributed by atoms with Gasteiger partial charge in [-0.25, -0.2) is 0 Å². The predicted octanol–water partition coefficient (Wildman–Crippen LogP) is 3.06. The highest BCUT2D eigenvalue weighted by Crippen LogP contribution is 2.31. The van der Waals surface area contributed by atoms with Gasteiger partial charge in [-0.1, -0.05) is 30.3 Å². The molecular weight excluding hydrogens is 328 g/mol. The maximum absolute atomic E-state index is 12.6. The highest BCUT2D eigenvalue weighted by Gasteiger charge is 2.23. The van der Waals surface area contributed by atoms with Gasteiger partial charge in [-0.05, 0) is 30.2 Å². The first-order valence-corrected chi connectivity index (χ1v) is 9.10. The van der Waals surface area contributed by atoms with E-state index in [2.05, 4.69) is 5.32 Å². The topological polar surface area (TPSA) is 58.6 Å². The molecule has 0 spiro atoms. The fourth-order valence-electron chi connectivity index (χ4n) is 3.59. The molecule has 1 saturated heterocycles. The molecule has 0 radical (unpaired) electrons. The van der Waals surface area contributed by atoms with Gasteiger partial charge in [-0.3, -0.25) is 9.59 Å². The monoisotopic (exact) mass is 350 g/mol. The molecule has 134 valence electrons. The van der Waals surface area contributed by atoms with E-state index in [1.54, 1.807) is 0 Å². The van der Waals surface area contributed by atoms with Crippen LogP contribution in [0.15, 0.2) is 48.5 Å². The fourth-order valence-corrected chi connectivity index (χ4v) is 3.59. The Bertz CT molecular complexity index is 816. The molecule has 5 heteroatoms. The highest BCUT2D eigenvalue weighted by molar-refractivity contribution is 5.94. The predicted molar refractivity (Wildman–Crippen MR) is 97.9 cm³/mol. The number of carbonyl (C=O) groups excluding carboxylic acids is 2. The summed E-state index contributed by atoms with van der Waals surface area (Å²) in [6.07, 6.45) is 2.34. The van der Waals surface area contributed by atoms with Crippen molar-refractivity contribution < 1.29 is 14.3 Å². The average molecular weight is 350 g/mol. The largest absolute Gasteiger partial charge is 0.493 e. The smallest absolute Gasteiger partial charge is 0.251 e. The first-order chi connectivity index (χ1) is 12.7. The molecule has 0 aromatic heterocycles. The maximum Gasteiger partial charge on any atom is 0.251 e. The summed E-state index contributed by atoms with van der Waals surface area (Å²) in [4.78, 5) is 26.2. The quantitative estimate of drug-likeness (QED) is 0.922. The lowest BCUT2D eigenvalue weighted by molar-refractivity contribution is -0.128. The van der Waals surface area contributed by atoms with Crippen molar-refractivity contribution in [2.24, 2.45) is 0 Å². The molecule has 0 saturated carbocycles. The standard InChI is InChI=1S/C21H22N2O3/c24-20-6-3-12-23(20)14-15-7-9-16(10-8-15)21(25)22-18-11-13-26-19-5-2-1-4-17(18)19/h1-2,4-5,7-10,18H,3,6,11-14H2,(H,22,25). The number of nitrogens with zero attached hydrogens (tertiary/aromatic N) is 1. The third-order valence-corrected chi connectivity index (χ3v) is 5.02. The van der Waals surface area contributed by atoms with E-state index < -0.39 is 0 Å². The summed E-state index contributed by atoms with van der Waals surface area (Å²) in [5.74, 6) is 0.968. The molecule has 1 N–H and O–H groups in total. The van der Waals surface area contributed by atoms with Crippen LogP contribution in [-0.2, 0) is 11.3 Å². The summed E-state index contributed by atoms with van der Waals surface area (Å²) in [6, 6.07) is 15.3. The molecule has 1 atom stereocenters. The number of para-hydroxylation sites is 1. The van der Waals surface area contributed by atoms with Crippen LogP contribution < -0.4 is 10.1 Å². The third-order valence-electron chi connectivity index (χ3n) is 5.02. The van der Waals surface area contributed by atoms with Gasteiger partial charge in [0.25, 0.3) is 5.91 Å². The second kappa shape index (κ2) is 7.20. The molecule has 2 aromatic rings. The van der Waals surface area contributed by atoms with E-state index in [0.29, 0.717) is 25.1 Å². The lowest BCUT2D eigenvalue weighted by atomic mass is 10.00. The first-order valence-electron chi connectivity index (χ1n) is 9.10. The normalized spacial score (nSPS) is 19.0. The Hall–Kier alpha value is -2.82. The van der Waals surface area contributed by atoms with Gasteiger partial charge in [0.1, 0.15) is 5.75 Å². The molecule has 1 unspecified atom stereocenters. The number of fused-ring (bicyclic) bond motifs is 1. The minimum atomic E-state index is -0.0875. The van der Waals surface area contributed by atoms with Crippen LogP contribution in [0.25, 0.3) is 0 Å². The number of carbonyl (C=O) groups is 2. The van der Waals surface area contributed by atoms with Gasteiger partial charge in [0.15, 0.2) is 0 Å². The van der Waals surface area contributed by atoms with Gasteiger partial charge in [-0.15, -0.1) is 0 Å². The zero-order chi connectivity index (χ0) is 17.9. The summed E-state index contributed by atoms with van der Waals surface area (Å²) < 4.78 is 5.65. The molecule has 26 heavy (non-hydrogen) atoms. The second-order valence-corrected chi connectivity index (χ2v) is 6.82. The second-order valence-electron chi connectivity index (χ2n) is 6.82. The SMILES string of the molecule is O=C(NC1CCOc2ccccc21)c1ccc(CN2CCCC2=O)cc1. The number of benzene rings is 2. The van der Waals surface area contributed by atoms with Gasteiger partial charge in [-0.2, -0.15) is 0 Å². The minimum absolute atomic E-state index is 0.0330. The summed E-state index contributed by atoms with van der Waals surface area (Å²) in [5.41, 5.74) is 2.70. The van der Waals surface area contributed by atoms with Gasteiger partial charge < -0.3 is 15.0 Å². The summed E-state index contributed by atoms with van der Waals surface area (Å²) in [7, 11) is 0. The van der Waals surface area contributed by atoms with Gasteiger partial charge >= 0.3 is 0 Å². The van der Waals surface area contributed by atoms with Crippen LogP contribution in [-0.4, -0.2) is 29.9 Å². The number of ether oxygens (including phenoxy) is 1. The minimum Gasteiger partial charge on any atom is -0.493 e. The van der Waals surface area contributed by atoms with E-state index in [-0.39, 0.29) is 17.9 Å². The Kier molecular flexibility index (Phi) is 4.61. The van der Waals surface area contributed by atoms with Crippen LogP contribution in [0.5, 0.6) is 5.75 Å². The van der Waals surface area contributed by atoms with E-state index in [1.165, 1.54) is 0 Å². The van der Waals surface area contributed by atoms with E-state index >= 15 is 0 Å². The van der Waals surface area contributed by atoms with Crippen molar-refractivity contribution in [3.8, 4) is 5.75 Å². The van der Waals surface area contributed by atoms with Crippen LogP contribution >= 0.6 is 0 Å². The van der Waals surface area contributed by atoms with Gasteiger partial charge in [0.2, 0.25) is 5.91 Å². The lowest BCUT2D eigenvalue weighted by Crippen LogP contribution is -2.32. The van der Waals surface area contributed by atoms with E-state index in [4.69, 9.17) is 4.74 Å². The molecule has 5 nitrogen and oxygen atoms in total. The Morgan fingerprint density at radius 1 is 1.15 bits per heavy atom. The third kappa shape index (κ3) is 3.43. The summed E-state index contributed by atoms with van der Waals surface area (Å²) in [6.45, 7) is 2.04. The number of hydrogen-bond donors (Lipinski definition) is 1. The molecule has 0 bridgehead atoms. The van der Waals surface area contributed by atoms with E-state index in [1.807, 2.05) is 53.4 Å². The van der Waals surface area contributed by atoms with Crippen LogP contribution in [0.4, 0.5) is 0 Å². The van der Waals surface area contributed by atoms with Crippen molar-refractivity contribution in [2.45, 2.75) is 31.8 Å². The molecule has 2 heterocycles. The fraction of sp³-hybridized carbons (Fsp3) is 0.333. The Balaban J connectivity index is 1.42. The summed E-state index contributed by atoms with van der Waals surface area (Å²) in [5, 5.41) is 3.11. The first kappa shape index (κ1) is 16.6. The molecule has 0 aliphatic carbocycles. The molecule has 4 rings (SSSR count). The Labute approximate surface area is 153 Å². The Morgan fingerprint density at radius 3 is 2.73 bits per heavy atom. The molecule has 2 aliphatic heterocycles. The average Bonchev–Trinajstić information content (AvgIpc) is 3.07. The van der Waals surface area contributed by atoms with Gasteiger partial charge in [0.05, 0.1) is 12.6 Å². The van der Waals surface area contributed by atoms with Crippen molar-refractivity contribution in [1.82, 2.24) is 10.2 Å². The Morgan fingerprint density at radius 2 is 1.96 bits per heavy atom. The number of likely N-dealkylation sites (tertiary alicyclic amines) is 1. The van der Waals surface area contributed by atoms with Crippen molar-refractivity contribution in [2.75, 3.05) is 13.2 Å². The zero-order valence-electron chi connectivity index (χ0n) is 14.6. The number of amides is 2.